The molecule has 0 amide bonds. The Labute approximate surface area is 97.6 Å². The van der Waals surface area contributed by atoms with Gasteiger partial charge in [0.2, 0.25) is 5.78 Å². The highest BCUT2D eigenvalue weighted by Gasteiger charge is 2.07. The maximum atomic E-state index is 12.3. The van der Waals surface area contributed by atoms with Crippen LogP contribution in [-0.4, -0.2) is 14.4 Å². The van der Waals surface area contributed by atoms with Gasteiger partial charge in [-0.3, -0.25) is 4.79 Å². The third kappa shape index (κ3) is 1.41. The topological polar surface area (TPSA) is 47.3 Å². The van der Waals surface area contributed by atoms with Crippen molar-refractivity contribution in [2.75, 3.05) is 0 Å². The lowest BCUT2D eigenvalue weighted by molar-refractivity contribution is 0.953. The summed E-state index contributed by atoms with van der Waals surface area (Å²) in [6.45, 7) is 3.79. The van der Waals surface area contributed by atoms with Crippen LogP contribution in [0.15, 0.2) is 35.1 Å². The van der Waals surface area contributed by atoms with E-state index in [9.17, 15) is 4.79 Å². The lowest BCUT2D eigenvalue weighted by Gasteiger charge is -2.06. The number of aromatic nitrogens is 3. The van der Waals surface area contributed by atoms with Crippen molar-refractivity contribution < 1.29 is 0 Å². The van der Waals surface area contributed by atoms with E-state index in [-0.39, 0.29) is 5.56 Å². The van der Waals surface area contributed by atoms with Crippen LogP contribution in [0.25, 0.3) is 16.7 Å². The molecule has 0 N–H and O–H groups in total. The van der Waals surface area contributed by atoms with Gasteiger partial charge in [-0.25, -0.2) is 14.4 Å². The molecule has 3 aromatic rings. The van der Waals surface area contributed by atoms with Gasteiger partial charge in [-0.1, -0.05) is 12.1 Å². The van der Waals surface area contributed by atoms with E-state index in [4.69, 9.17) is 0 Å². The minimum atomic E-state index is -0.0596. The molecule has 1 aromatic carbocycles. The van der Waals surface area contributed by atoms with Crippen LogP contribution in [-0.2, 0) is 0 Å². The lowest BCUT2D eigenvalue weighted by atomic mass is 10.2. The summed E-state index contributed by atoms with van der Waals surface area (Å²) in [6.07, 6.45) is 0. The number of rotatable bonds is 0. The Morgan fingerprint density at radius 3 is 2.71 bits per heavy atom. The van der Waals surface area contributed by atoms with Crippen LogP contribution >= 0.6 is 0 Å². The quantitative estimate of drug-likeness (QED) is 0.549. The Bertz CT molecular complexity index is 790. The molecular weight excluding hydrogens is 214 g/mol. The van der Waals surface area contributed by atoms with E-state index < -0.39 is 0 Å². The van der Waals surface area contributed by atoms with Gasteiger partial charge >= 0.3 is 0 Å². The summed E-state index contributed by atoms with van der Waals surface area (Å²) in [6, 6.07) is 9.21. The van der Waals surface area contributed by atoms with Gasteiger partial charge in [0.15, 0.2) is 0 Å². The average Bonchev–Trinajstić information content (AvgIpc) is 2.28. The Morgan fingerprint density at radius 2 is 1.88 bits per heavy atom. The van der Waals surface area contributed by atoms with E-state index in [0.717, 1.165) is 11.4 Å². The van der Waals surface area contributed by atoms with Crippen molar-refractivity contribution in [1.29, 1.82) is 0 Å². The van der Waals surface area contributed by atoms with Gasteiger partial charge in [0, 0.05) is 11.4 Å². The molecule has 0 radical (unpaired) electrons. The minimum absolute atomic E-state index is 0.0596. The first-order valence-electron chi connectivity index (χ1n) is 5.42. The number of benzene rings is 1. The van der Waals surface area contributed by atoms with Crippen LogP contribution in [0.5, 0.6) is 0 Å². The molecule has 0 aliphatic heterocycles. The average molecular weight is 225 g/mol. The summed E-state index contributed by atoms with van der Waals surface area (Å²) < 4.78 is 1.55. The van der Waals surface area contributed by atoms with Gasteiger partial charge in [-0.15, -0.1) is 0 Å². The molecule has 0 atom stereocenters. The molecule has 0 saturated carbocycles. The molecule has 17 heavy (non-hydrogen) atoms. The van der Waals surface area contributed by atoms with Crippen LogP contribution < -0.4 is 5.56 Å². The summed E-state index contributed by atoms with van der Waals surface area (Å²) in [5.74, 6) is 0.464. The highest BCUT2D eigenvalue weighted by molar-refractivity contribution is 5.78. The molecule has 0 fully saturated rings. The number of para-hydroxylation sites is 1. The molecule has 0 unspecified atom stereocenters. The smallest absolute Gasteiger partial charge is 0.267 e. The fourth-order valence-corrected chi connectivity index (χ4v) is 2.07. The number of aryl methyl sites for hydroxylation is 2. The van der Waals surface area contributed by atoms with Crippen molar-refractivity contribution in [1.82, 2.24) is 14.4 Å². The minimum Gasteiger partial charge on any atom is -0.268 e. The monoisotopic (exact) mass is 225 g/mol. The van der Waals surface area contributed by atoms with Crippen molar-refractivity contribution in [3.05, 3.63) is 52.1 Å². The van der Waals surface area contributed by atoms with Gasteiger partial charge in [0.05, 0.1) is 10.9 Å². The Kier molecular flexibility index (Phi) is 1.98. The van der Waals surface area contributed by atoms with Gasteiger partial charge in [0.1, 0.15) is 0 Å². The van der Waals surface area contributed by atoms with E-state index >= 15 is 0 Å². The zero-order valence-corrected chi connectivity index (χ0v) is 9.64. The van der Waals surface area contributed by atoms with E-state index in [1.54, 1.807) is 10.5 Å². The van der Waals surface area contributed by atoms with E-state index in [2.05, 4.69) is 9.97 Å². The number of fused-ring (bicyclic) bond motifs is 2. The van der Waals surface area contributed by atoms with Crippen molar-refractivity contribution in [3.63, 3.8) is 0 Å². The van der Waals surface area contributed by atoms with Gasteiger partial charge in [-0.05, 0) is 32.0 Å². The second-order valence-electron chi connectivity index (χ2n) is 4.11. The normalized spacial score (nSPS) is 11.2. The zero-order chi connectivity index (χ0) is 12.0. The van der Waals surface area contributed by atoms with Crippen molar-refractivity contribution in [3.8, 4) is 0 Å². The van der Waals surface area contributed by atoms with E-state index in [0.29, 0.717) is 16.7 Å². The highest BCUT2D eigenvalue weighted by atomic mass is 16.1. The molecule has 84 valence electrons. The van der Waals surface area contributed by atoms with Crippen molar-refractivity contribution >= 4 is 16.7 Å². The molecule has 4 nitrogen and oxygen atoms in total. The summed E-state index contributed by atoms with van der Waals surface area (Å²) in [7, 11) is 0. The van der Waals surface area contributed by atoms with Crippen LogP contribution in [0.4, 0.5) is 0 Å². The Morgan fingerprint density at radius 1 is 1.12 bits per heavy atom. The highest BCUT2D eigenvalue weighted by Crippen LogP contribution is 2.09. The Hall–Kier alpha value is -2.23. The van der Waals surface area contributed by atoms with Gasteiger partial charge < -0.3 is 0 Å². The van der Waals surface area contributed by atoms with E-state index in [1.165, 1.54) is 0 Å². The molecule has 0 saturated heterocycles. The zero-order valence-electron chi connectivity index (χ0n) is 9.64. The van der Waals surface area contributed by atoms with Gasteiger partial charge in [-0.2, -0.15) is 0 Å². The largest absolute Gasteiger partial charge is 0.268 e. The molecule has 4 heteroatoms. The summed E-state index contributed by atoms with van der Waals surface area (Å²) in [5.41, 5.74) is 2.35. The number of hydrogen-bond donors (Lipinski definition) is 0. The molecule has 0 spiro atoms. The number of hydrogen-bond acceptors (Lipinski definition) is 3. The van der Waals surface area contributed by atoms with Crippen LogP contribution in [0, 0.1) is 13.8 Å². The maximum absolute atomic E-state index is 12.3. The van der Waals surface area contributed by atoms with Crippen LogP contribution in [0.3, 0.4) is 0 Å². The lowest BCUT2D eigenvalue weighted by Crippen LogP contribution is -2.18. The molecule has 0 bridgehead atoms. The van der Waals surface area contributed by atoms with Crippen LogP contribution in [0.2, 0.25) is 0 Å². The molecule has 2 aromatic heterocycles. The first-order chi connectivity index (χ1) is 8.16. The van der Waals surface area contributed by atoms with Gasteiger partial charge in [0.25, 0.3) is 5.56 Å². The van der Waals surface area contributed by atoms with Crippen molar-refractivity contribution in [2.24, 2.45) is 0 Å². The Balaban J connectivity index is 2.64. The second-order valence-corrected chi connectivity index (χ2v) is 4.11. The SMILES string of the molecule is Cc1cc(C)n2c(=O)c3ccccc3nc2n1. The van der Waals surface area contributed by atoms with E-state index in [1.807, 2.05) is 38.1 Å². The summed E-state index contributed by atoms with van der Waals surface area (Å²) >= 11 is 0. The predicted octanol–water partition coefficient (Wildman–Crippen LogP) is 1.86. The number of nitrogens with zero attached hydrogens (tertiary/aromatic N) is 3. The standard InChI is InChI=1S/C13H11N3O/c1-8-7-9(2)16-12(17)10-5-3-4-6-11(10)15-13(16)14-8/h3-7H,1-2H3. The predicted molar refractivity (Wildman–Crippen MR) is 66.2 cm³/mol. The first kappa shape index (κ1) is 9.96. The fourth-order valence-electron chi connectivity index (χ4n) is 2.07. The third-order valence-corrected chi connectivity index (χ3v) is 2.80. The molecule has 0 aliphatic carbocycles. The first-order valence-corrected chi connectivity index (χ1v) is 5.42. The van der Waals surface area contributed by atoms with Crippen LogP contribution in [0.1, 0.15) is 11.4 Å². The molecule has 3 rings (SSSR count). The second kappa shape index (κ2) is 3.38. The maximum Gasteiger partial charge on any atom is 0.267 e. The summed E-state index contributed by atoms with van der Waals surface area (Å²) in [5, 5.41) is 0.624. The fraction of sp³-hybridized carbons (Fsp3) is 0.154. The molecule has 2 heterocycles. The molecular formula is C13H11N3O. The summed E-state index contributed by atoms with van der Waals surface area (Å²) in [4.78, 5) is 21.0. The van der Waals surface area contributed by atoms with Crippen molar-refractivity contribution in [2.45, 2.75) is 13.8 Å². The third-order valence-electron chi connectivity index (χ3n) is 2.80. The molecule has 0 aliphatic rings.